The van der Waals surface area contributed by atoms with E-state index in [4.69, 9.17) is 16.3 Å². The molecule has 0 bridgehead atoms. The summed E-state index contributed by atoms with van der Waals surface area (Å²) < 4.78 is 29.9. The van der Waals surface area contributed by atoms with Crippen LogP contribution in [0, 0.1) is 18.7 Å². The van der Waals surface area contributed by atoms with Gasteiger partial charge in [0, 0.05) is 23.5 Å². The molecule has 0 radical (unpaired) electrons. The Hall–Kier alpha value is -1.75. The molecule has 0 aliphatic rings. The van der Waals surface area contributed by atoms with Gasteiger partial charge in [-0.1, -0.05) is 6.07 Å². The lowest BCUT2D eigenvalue weighted by Crippen LogP contribution is -1.97. The van der Waals surface area contributed by atoms with Crippen molar-refractivity contribution in [3.05, 3.63) is 53.5 Å². The van der Waals surface area contributed by atoms with Gasteiger partial charge in [0.2, 0.25) is 11.8 Å². The van der Waals surface area contributed by atoms with Gasteiger partial charge >= 0.3 is 0 Å². The highest BCUT2D eigenvalue weighted by atomic mass is 35.5. The Balaban J connectivity index is 0.000000200. The summed E-state index contributed by atoms with van der Waals surface area (Å²) in [6.45, 7) is 1.58. The molecule has 6 heteroatoms. The van der Waals surface area contributed by atoms with Crippen LogP contribution in [-0.2, 0) is 5.88 Å². The standard InChI is InChI=1S/C7H6ClF2N.C6H7NO/c1-4-2-5(3-8)6(9)7(10)11-4;1-8-6-4-2-3-5-7-6/h2H,3H2,1H3;2-5H,1H3. The number of ether oxygens (including phenoxy) is 1. The molecule has 2 heterocycles. The van der Waals surface area contributed by atoms with Crippen molar-refractivity contribution < 1.29 is 13.5 Å². The van der Waals surface area contributed by atoms with Gasteiger partial charge in [-0.25, -0.2) is 14.4 Å². The van der Waals surface area contributed by atoms with Crippen LogP contribution in [0.1, 0.15) is 11.3 Å². The van der Waals surface area contributed by atoms with Gasteiger partial charge in [-0.2, -0.15) is 4.39 Å². The first-order chi connectivity index (χ1) is 9.08. The zero-order valence-electron chi connectivity index (χ0n) is 10.5. The third-order valence-corrected chi connectivity index (χ3v) is 2.40. The van der Waals surface area contributed by atoms with Crippen LogP contribution in [0.2, 0.25) is 0 Å². The van der Waals surface area contributed by atoms with Crippen LogP contribution in [-0.4, -0.2) is 17.1 Å². The Morgan fingerprint density at radius 3 is 2.53 bits per heavy atom. The molecular formula is C13H13ClF2N2O. The number of hydrogen-bond acceptors (Lipinski definition) is 3. The SMILES string of the molecule is COc1ccccn1.Cc1cc(CCl)c(F)c(F)n1. The molecular weight excluding hydrogens is 274 g/mol. The van der Waals surface area contributed by atoms with Gasteiger partial charge in [0.25, 0.3) is 0 Å². The molecule has 0 saturated carbocycles. The number of halogens is 3. The summed E-state index contributed by atoms with van der Waals surface area (Å²) in [7, 11) is 1.60. The summed E-state index contributed by atoms with van der Waals surface area (Å²) in [5, 5.41) is 0. The van der Waals surface area contributed by atoms with Crippen LogP contribution < -0.4 is 4.74 Å². The number of hydrogen-bond donors (Lipinski definition) is 0. The minimum atomic E-state index is -1.08. The Morgan fingerprint density at radius 2 is 2.05 bits per heavy atom. The largest absolute Gasteiger partial charge is 0.481 e. The Bertz CT molecular complexity index is 524. The van der Waals surface area contributed by atoms with E-state index in [1.54, 1.807) is 26.3 Å². The first kappa shape index (κ1) is 15.3. The van der Waals surface area contributed by atoms with E-state index >= 15 is 0 Å². The predicted molar refractivity (Wildman–Crippen MR) is 69.2 cm³/mol. The van der Waals surface area contributed by atoms with E-state index in [0.29, 0.717) is 11.6 Å². The maximum absolute atomic E-state index is 12.7. The van der Waals surface area contributed by atoms with Crippen LogP contribution in [0.15, 0.2) is 30.5 Å². The highest BCUT2D eigenvalue weighted by Gasteiger charge is 2.08. The van der Waals surface area contributed by atoms with E-state index in [0.717, 1.165) is 0 Å². The van der Waals surface area contributed by atoms with Gasteiger partial charge in [-0.3, -0.25) is 0 Å². The molecule has 2 aromatic heterocycles. The number of pyridine rings is 2. The molecule has 0 spiro atoms. The second-order valence-corrected chi connectivity index (χ2v) is 3.80. The van der Waals surface area contributed by atoms with E-state index in [9.17, 15) is 8.78 Å². The lowest BCUT2D eigenvalue weighted by atomic mass is 10.2. The molecule has 2 rings (SSSR count). The molecule has 2 aromatic rings. The fourth-order valence-corrected chi connectivity index (χ4v) is 1.44. The average Bonchev–Trinajstić information content (AvgIpc) is 2.44. The highest BCUT2D eigenvalue weighted by Crippen LogP contribution is 2.13. The molecule has 0 unspecified atom stereocenters. The van der Waals surface area contributed by atoms with E-state index < -0.39 is 11.8 Å². The second-order valence-electron chi connectivity index (χ2n) is 3.53. The van der Waals surface area contributed by atoms with Crippen molar-refractivity contribution in [2.24, 2.45) is 0 Å². The number of nitrogens with zero attached hydrogens (tertiary/aromatic N) is 2. The number of methoxy groups -OCH3 is 1. The molecule has 0 saturated heterocycles. The van der Waals surface area contributed by atoms with Gasteiger partial charge in [0.05, 0.1) is 13.0 Å². The Kier molecular flexibility index (Phi) is 6.15. The van der Waals surface area contributed by atoms with Crippen molar-refractivity contribution >= 4 is 11.6 Å². The van der Waals surface area contributed by atoms with Gasteiger partial charge in [-0.15, -0.1) is 11.6 Å². The summed E-state index contributed by atoms with van der Waals surface area (Å²) in [5.41, 5.74) is 0.580. The summed E-state index contributed by atoms with van der Waals surface area (Å²) in [5.74, 6) is -1.41. The quantitative estimate of drug-likeness (QED) is 0.626. The molecule has 0 N–H and O–H groups in total. The third kappa shape index (κ3) is 4.79. The van der Waals surface area contributed by atoms with E-state index in [1.807, 2.05) is 12.1 Å². The first-order valence-corrected chi connectivity index (χ1v) is 5.94. The number of alkyl halides is 1. The molecule has 0 atom stereocenters. The van der Waals surface area contributed by atoms with E-state index in [2.05, 4.69) is 9.97 Å². The lowest BCUT2D eigenvalue weighted by Gasteiger charge is -1.99. The van der Waals surface area contributed by atoms with Crippen LogP contribution in [0.5, 0.6) is 5.88 Å². The smallest absolute Gasteiger partial charge is 0.249 e. The van der Waals surface area contributed by atoms with E-state index in [1.165, 1.54) is 6.07 Å². The molecule has 0 aliphatic heterocycles. The monoisotopic (exact) mass is 286 g/mol. The molecule has 0 fully saturated rings. The fourth-order valence-electron chi connectivity index (χ4n) is 1.25. The fraction of sp³-hybridized carbons (Fsp3) is 0.231. The molecule has 0 aromatic carbocycles. The van der Waals surface area contributed by atoms with Crippen LogP contribution in [0.4, 0.5) is 8.78 Å². The van der Waals surface area contributed by atoms with Crippen LogP contribution in [0.3, 0.4) is 0 Å². The minimum absolute atomic E-state index is 0.0356. The minimum Gasteiger partial charge on any atom is -0.481 e. The third-order valence-electron chi connectivity index (χ3n) is 2.11. The molecule has 102 valence electrons. The highest BCUT2D eigenvalue weighted by molar-refractivity contribution is 6.17. The topological polar surface area (TPSA) is 35.0 Å². The van der Waals surface area contributed by atoms with Crippen molar-refractivity contribution in [1.29, 1.82) is 0 Å². The molecule has 0 amide bonds. The Labute approximate surface area is 115 Å². The summed E-state index contributed by atoms with van der Waals surface area (Å²) >= 11 is 5.34. The average molecular weight is 287 g/mol. The van der Waals surface area contributed by atoms with Gasteiger partial charge in [0.1, 0.15) is 0 Å². The maximum Gasteiger partial charge on any atom is 0.249 e. The van der Waals surface area contributed by atoms with E-state index in [-0.39, 0.29) is 11.4 Å². The van der Waals surface area contributed by atoms with Crippen molar-refractivity contribution in [3.63, 3.8) is 0 Å². The van der Waals surface area contributed by atoms with Gasteiger partial charge in [-0.05, 0) is 19.1 Å². The lowest BCUT2D eigenvalue weighted by molar-refractivity contribution is 0.398. The van der Waals surface area contributed by atoms with Crippen LogP contribution in [0.25, 0.3) is 0 Å². The van der Waals surface area contributed by atoms with Crippen molar-refractivity contribution in [1.82, 2.24) is 9.97 Å². The maximum atomic E-state index is 12.7. The summed E-state index contributed by atoms with van der Waals surface area (Å²) in [4.78, 5) is 7.16. The summed E-state index contributed by atoms with van der Waals surface area (Å²) in [6.07, 6.45) is 1.69. The van der Waals surface area contributed by atoms with Crippen molar-refractivity contribution in [2.45, 2.75) is 12.8 Å². The first-order valence-electron chi connectivity index (χ1n) is 5.41. The van der Waals surface area contributed by atoms with Gasteiger partial charge < -0.3 is 4.74 Å². The predicted octanol–water partition coefficient (Wildman–Crippen LogP) is 3.50. The number of aryl methyl sites for hydroxylation is 1. The molecule has 3 nitrogen and oxygen atoms in total. The van der Waals surface area contributed by atoms with Gasteiger partial charge in [0.15, 0.2) is 5.82 Å². The zero-order chi connectivity index (χ0) is 14.3. The normalized spacial score (nSPS) is 9.53. The Morgan fingerprint density at radius 1 is 1.32 bits per heavy atom. The second kappa shape index (κ2) is 7.63. The summed E-state index contributed by atoms with van der Waals surface area (Å²) in [6, 6.07) is 6.96. The zero-order valence-corrected chi connectivity index (χ0v) is 11.3. The van der Waals surface area contributed by atoms with Crippen molar-refractivity contribution in [2.75, 3.05) is 7.11 Å². The number of rotatable bonds is 2. The van der Waals surface area contributed by atoms with Crippen molar-refractivity contribution in [3.8, 4) is 5.88 Å². The number of aromatic nitrogens is 2. The molecule has 0 aliphatic carbocycles. The van der Waals surface area contributed by atoms with Crippen LogP contribution >= 0.6 is 11.6 Å². The molecule has 19 heavy (non-hydrogen) atoms.